The van der Waals surface area contributed by atoms with Gasteiger partial charge in [0.25, 0.3) is 0 Å². The average molecular weight is 269 g/mol. The number of rotatable bonds is 0. The van der Waals surface area contributed by atoms with E-state index in [9.17, 15) is 4.79 Å². The van der Waals surface area contributed by atoms with E-state index in [1.165, 1.54) is 16.5 Å². The molecule has 0 N–H and O–H groups in total. The highest BCUT2D eigenvalue weighted by Gasteiger charge is 2.24. The summed E-state index contributed by atoms with van der Waals surface area (Å²) in [6.45, 7) is 3.54. The lowest BCUT2D eigenvalue weighted by atomic mass is 9.97. The average Bonchev–Trinajstić information content (AvgIpc) is 2.46. The Kier molecular flexibility index (Phi) is 3.08. The first-order valence-corrected chi connectivity index (χ1v) is 6.91. The van der Waals surface area contributed by atoms with E-state index in [-0.39, 0.29) is 6.03 Å². The summed E-state index contributed by atoms with van der Waals surface area (Å²) in [7, 11) is 3.59. The lowest BCUT2D eigenvalue weighted by Crippen LogP contribution is -2.42. The second kappa shape index (κ2) is 4.78. The van der Waals surface area contributed by atoms with Crippen LogP contribution in [0.1, 0.15) is 16.8 Å². The first-order chi connectivity index (χ1) is 9.58. The number of nitrogens with zero attached hydrogens (tertiary/aromatic N) is 3. The lowest BCUT2D eigenvalue weighted by molar-refractivity contribution is 0.165. The number of hydrogen-bond donors (Lipinski definition) is 0. The summed E-state index contributed by atoms with van der Waals surface area (Å²) >= 11 is 0. The number of pyridine rings is 1. The maximum Gasteiger partial charge on any atom is 0.319 e. The highest BCUT2D eigenvalue weighted by atomic mass is 16.2. The molecule has 4 nitrogen and oxygen atoms in total. The van der Waals surface area contributed by atoms with Gasteiger partial charge in [-0.3, -0.25) is 4.98 Å². The standard InChI is InChI=1S/C16H19N3O/c1-11-12-6-4-5-7-14(12)17-15-8-9-19(10-13(11)15)16(20)18(2)3/h4-7H,8-10H2,1-3H3. The third kappa shape index (κ3) is 2.01. The van der Waals surface area contributed by atoms with Gasteiger partial charge in [-0.25, -0.2) is 4.79 Å². The van der Waals surface area contributed by atoms with Crippen LogP contribution in [0.25, 0.3) is 10.9 Å². The topological polar surface area (TPSA) is 36.4 Å². The molecule has 4 heteroatoms. The fraction of sp³-hybridized carbons (Fsp3) is 0.375. The molecule has 0 aliphatic carbocycles. The zero-order valence-electron chi connectivity index (χ0n) is 12.2. The third-order valence-electron chi connectivity index (χ3n) is 3.99. The molecule has 0 bridgehead atoms. The fourth-order valence-electron chi connectivity index (χ4n) is 2.85. The second-order valence-corrected chi connectivity index (χ2v) is 5.53. The Balaban J connectivity index is 2.05. The van der Waals surface area contributed by atoms with Crippen molar-refractivity contribution in [2.24, 2.45) is 0 Å². The van der Waals surface area contributed by atoms with Gasteiger partial charge in [0, 0.05) is 44.7 Å². The first kappa shape index (κ1) is 12.9. The molecule has 1 aromatic heterocycles. The molecule has 0 fully saturated rings. The van der Waals surface area contributed by atoms with Crippen molar-refractivity contribution in [1.29, 1.82) is 0 Å². The molecular formula is C16H19N3O. The highest BCUT2D eigenvalue weighted by Crippen LogP contribution is 2.27. The Bertz CT molecular complexity index is 679. The van der Waals surface area contributed by atoms with E-state index in [4.69, 9.17) is 4.98 Å². The van der Waals surface area contributed by atoms with Gasteiger partial charge in [-0.15, -0.1) is 0 Å². The Morgan fingerprint density at radius 3 is 2.80 bits per heavy atom. The van der Waals surface area contributed by atoms with Crippen LogP contribution in [0.4, 0.5) is 4.79 Å². The second-order valence-electron chi connectivity index (χ2n) is 5.53. The number of amides is 2. The number of carbonyl (C=O) groups is 1. The Morgan fingerprint density at radius 2 is 2.05 bits per heavy atom. The quantitative estimate of drug-likeness (QED) is 0.737. The zero-order chi connectivity index (χ0) is 14.3. The maximum atomic E-state index is 12.1. The van der Waals surface area contributed by atoms with E-state index < -0.39 is 0 Å². The molecule has 0 atom stereocenters. The molecule has 0 spiro atoms. The van der Waals surface area contributed by atoms with Gasteiger partial charge in [0.1, 0.15) is 0 Å². The normalized spacial score (nSPS) is 14.2. The van der Waals surface area contributed by atoms with Gasteiger partial charge in [0.15, 0.2) is 0 Å². The molecule has 104 valence electrons. The SMILES string of the molecule is Cc1c2c(nc3ccccc13)CCN(C(=O)N(C)C)C2. The molecule has 2 amide bonds. The Hall–Kier alpha value is -2.10. The van der Waals surface area contributed by atoms with Crippen LogP contribution >= 0.6 is 0 Å². The molecule has 0 saturated carbocycles. The molecule has 3 rings (SSSR count). The van der Waals surface area contributed by atoms with E-state index in [1.807, 2.05) is 17.0 Å². The molecule has 1 aliphatic rings. The van der Waals surface area contributed by atoms with Gasteiger partial charge in [-0.2, -0.15) is 0 Å². The molecule has 1 aliphatic heterocycles. The van der Waals surface area contributed by atoms with Crippen LogP contribution < -0.4 is 0 Å². The Labute approximate surface area is 119 Å². The highest BCUT2D eigenvalue weighted by molar-refractivity contribution is 5.84. The molecular weight excluding hydrogens is 250 g/mol. The summed E-state index contributed by atoms with van der Waals surface area (Å²) in [5.74, 6) is 0. The van der Waals surface area contributed by atoms with Crippen molar-refractivity contribution in [3.63, 3.8) is 0 Å². The van der Waals surface area contributed by atoms with Crippen molar-refractivity contribution in [2.75, 3.05) is 20.6 Å². The maximum absolute atomic E-state index is 12.1. The fourth-order valence-corrected chi connectivity index (χ4v) is 2.85. The van der Waals surface area contributed by atoms with Crippen LogP contribution in [-0.2, 0) is 13.0 Å². The number of aryl methyl sites for hydroxylation is 1. The van der Waals surface area contributed by atoms with E-state index >= 15 is 0 Å². The number of fused-ring (bicyclic) bond motifs is 2. The number of hydrogen-bond acceptors (Lipinski definition) is 2. The number of aromatic nitrogens is 1. The summed E-state index contributed by atoms with van der Waals surface area (Å²) in [5, 5.41) is 1.19. The Morgan fingerprint density at radius 1 is 1.30 bits per heavy atom. The van der Waals surface area contributed by atoms with Gasteiger partial charge >= 0.3 is 6.03 Å². The molecule has 0 radical (unpaired) electrons. The van der Waals surface area contributed by atoms with Crippen LogP contribution in [0.2, 0.25) is 0 Å². The van der Waals surface area contributed by atoms with E-state index in [0.29, 0.717) is 6.54 Å². The monoisotopic (exact) mass is 269 g/mol. The molecule has 1 aromatic carbocycles. The van der Waals surface area contributed by atoms with Crippen LogP contribution in [0, 0.1) is 6.92 Å². The minimum absolute atomic E-state index is 0.0724. The molecule has 20 heavy (non-hydrogen) atoms. The first-order valence-electron chi connectivity index (χ1n) is 6.91. The lowest BCUT2D eigenvalue weighted by Gasteiger charge is -2.31. The van der Waals surface area contributed by atoms with E-state index in [2.05, 4.69) is 19.1 Å². The van der Waals surface area contributed by atoms with Gasteiger partial charge < -0.3 is 9.80 Å². The number of para-hydroxylation sites is 1. The summed E-state index contributed by atoms with van der Waals surface area (Å²) in [6.07, 6.45) is 0.834. The molecule has 0 saturated heterocycles. The van der Waals surface area contributed by atoms with Gasteiger partial charge in [0.2, 0.25) is 0 Å². The minimum atomic E-state index is 0.0724. The van der Waals surface area contributed by atoms with Gasteiger partial charge in [0.05, 0.1) is 5.52 Å². The van der Waals surface area contributed by atoms with Crippen molar-refractivity contribution >= 4 is 16.9 Å². The zero-order valence-corrected chi connectivity index (χ0v) is 12.2. The number of urea groups is 1. The molecule has 2 heterocycles. The van der Waals surface area contributed by atoms with Crippen LogP contribution in [0.3, 0.4) is 0 Å². The summed E-state index contributed by atoms with van der Waals surface area (Å²) < 4.78 is 0. The third-order valence-corrected chi connectivity index (χ3v) is 3.99. The molecule has 2 aromatic rings. The predicted molar refractivity (Wildman–Crippen MR) is 79.7 cm³/mol. The van der Waals surface area contributed by atoms with Gasteiger partial charge in [-0.1, -0.05) is 18.2 Å². The number of carbonyl (C=O) groups excluding carboxylic acids is 1. The smallest absolute Gasteiger partial charge is 0.319 e. The summed E-state index contributed by atoms with van der Waals surface area (Å²) in [4.78, 5) is 20.4. The van der Waals surface area contributed by atoms with Gasteiger partial charge in [-0.05, 0) is 24.1 Å². The van der Waals surface area contributed by atoms with Crippen LogP contribution in [-0.4, -0.2) is 41.5 Å². The van der Waals surface area contributed by atoms with Crippen molar-refractivity contribution < 1.29 is 4.79 Å². The number of benzene rings is 1. The summed E-state index contributed by atoms with van der Waals surface area (Å²) in [5.41, 5.74) is 4.66. The largest absolute Gasteiger partial charge is 0.331 e. The van der Waals surface area contributed by atoms with Crippen molar-refractivity contribution in [3.05, 3.63) is 41.1 Å². The predicted octanol–water partition coefficient (Wildman–Crippen LogP) is 2.58. The molecule has 0 unspecified atom stereocenters. The van der Waals surface area contributed by atoms with Crippen molar-refractivity contribution in [1.82, 2.24) is 14.8 Å². The van der Waals surface area contributed by atoms with E-state index in [0.717, 1.165) is 24.2 Å². The van der Waals surface area contributed by atoms with Crippen molar-refractivity contribution in [3.8, 4) is 0 Å². The van der Waals surface area contributed by atoms with Crippen LogP contribution in [0.5, 0.6) is 0 Å². The minimum Gasteiger partial charge on any atom is -0.331 e. The van der Waals surface area contributed by atoms with E-state index in [1.54, 1.807) is 19.0 Å². The van der Waals surface area contributed by atoms with Crippen molar-refractivity contribution in [2.45, 2.75) is 19.9 Å². The summed E-state index contributed by atoms with van der Waals surface area (Å²) in [6, 6.07) is 8.29. The van der Waals surface area contributed by atoms with Crippen LogP contribution in [0.15, 0.2) is 24.3 Å².